The molecule has 118 valence electrons. The van der Waals surface area contributed by atoms with Gasteiger partial charge in [0.2, 0.25) is 0 Å². The lowest BCUT2D eigenvalue weighted by molar-refractivity contribution is -0.115. The first-order chi connectivity index (χ1) is 10.4. The zero-order valence-corrected chi connectivity index (χ0v) is 11.8. The fourth-order valence-electron chi connectivity index (χ4n) is 1.62. The molecule has 0 saturated carbocycles. The third-order valence-corrected chi connectivity index (χ3v) is 2.75. The van der Waals surface area contributed by atoms with Crippen molar-refractivity contribution >= 4 is 5.82 Å². The van der Waals surface area contributed by atoms with Crippen molar-refractivity contribution in [2.45, 2.75) is 25.7 Å². The average Bonchev–Trinajstić information content (AvgIpc) is 2.52. The quantitative estimate of drug-likeness (QED) is 0.851. The number of hydrogen-bond donors (Lipinski definition) is 2. The Bertz CT molecular complexity index is 573. The Labute approximate surface area is 125 Å². The van der Waals surface area contributed by atoms with Crippen molar-refractivity contribution in [3.63, 3.8) is 0 Å². The van der Waals surface area contributed by atoms with E-state index in [2.05, 4.69) is 30.8 Å². The molecule has 1 atom stereocenters. The molecule has 2 N–H and O–H groups in total. The van der Waals surface area contributed by atoms with E-state index >= 15 is 0 Å². The number of aromatic nitrogens is 4. The first-order valence-electron chi connectivity index (χ1n) is 6.57. The number of hydrogen-bond acceptors (Lipinski definition) is 6. The second-order valence-corrected chi connectivity index (χ2v) is 4.59. The van der Waals surface area contributed by atoms with Crippen molar-refractivity contribution in [1.82, 2.24) is 25.5 Å². The maximum Gasteiger partial charge on any atom is 0.405 e. The van der Waals surface area contributed by atoms with E-state index < -0.39 is 12.7 Å². The molecule has 0 aliphatic rings. The van der Waals surface area contributed by atoms with Gasteiger partial charge in [0.1, 0.15) is 18.2 Å². The lowest BCUT2D eigenvalue weighted by Crippen LogP contribution is -2.23. The van der Waals surface area contributed by atoms with Crippen LogP contribution in [0.4, 0.5) is 19.0 Å². The summed E-state index contributed by atoms with van der Waals surface area (Å²) in [6, 6.07) is 4.72. The Balaban J connectivity index is 1.84. The van der Waals surface area contributed by atoms with Gasteiger partial charge in [0.15, 0.2) is 0 Å². The van der Waals surface area contributed by atoms with Crippen molar-refractivity contribution in [2.75, 3.05) is 11.9 Å². The molecule has 1 unspecified atom stereocenters. The number of anilines is 1. The van der Waals surface area contributed by atoms with Crippen LogP contribution in [0.1, 0.15) is 24.5 Å². The molecule has 2 aromatic heterocycles. The van der Waals surface area contributed by atoms with Gasteiger partial charge in [0, 0.05) is 18.9 Å². The molecule has 0 amide bonds. The molecule has 2 rings (SSSR count). The summed E-state index contributed by atoms with van der Waals surface area (Å²) in [5.74, 6) is 0.736. The van der Waals surface area contributed by atoms with Crippen LogP contribution in [-0.2, 0) is 6.54 Å². The highest BCUT2D eigenvalue weighted by Crippen LogP contribution is 2.15. The minimum absolute atomic E-state index is 0.0777. The SMILES string of the molecule is CC(NCc1ccc(NCC(F)(F)F)nn1)c1ncccn1. The first kappa shape index (κ1) is 16.1. The molecular weight excluding hydrogens is 297 g/mol. The molecular formula is C13H15F3N6. The minimum atomic E-state index is -4.28. The molecule has 2 heterocycles. The van der Waals surface area contributed by atoms with Crippen LogP contribution < -0.4 is 10.6 Å². The summed E-state index contributed by atoms with van der Waals surface area (Å²) in [7, 11) is 0. The van der Waals surface area contributed by atoms with Crippen LogP contribution >= 0.6 is 0 Å². The molecule has 6 nitrogen and oxygen atoms in total. The van der Waals surface area contributed by atoms with Gasteiger partial charge in [-0.05, 0) is 25.1 Å². The summed E-state index contributed by atoms with van der Waals surface area (Å²) in [6.45, 7) is 1.18. The van der Waals surface area contributed by atoms with Crippen LogP contribution in [0.25, 0.3) is 0 Å². The van der Waals surface area contributed by atoms with Crippen LogP contribution in [0, 0.1) is 0 Å². The molecule has 0 radical (unpaired) electrons. The largest absolute Gasteiger partial charge is 0.405 e. The second kappa shape index (κ2) is 7.12. The standard InChI is InChI=1S/C13H15F3N6/c1-9(12-17-5-2-6-18-12)19-7-10-3-4-11(22-21-10)20-8-13(14,15)16/h2-6,9,19H,7-8H2,1H3,(H,20,22). The van der Waals surface area contributed by atoms with Gasteiger partial charge in [-0.25, -0.2) is 9.97 Å². The van der Waals surface area contributed by atoms with Gasteiger partial charge in [0.25, 0.3) is 0 Å². The number of alkyl halides is 3. The topological polar surface area (TPSA) is 75.6 Å². The number of nitrogens with one attached hydrogen (secondary N) is 2. The summed E-state index contributed by atoms with van der Waals surface area (Å²) >= 11 is 0. The summed E-state index contributed by atoms with van der Waals surface area (Å²) in [4.78, 5) is 8.25. The predicted molar refractivity (Wildman–Crippen MR) is 73.9 cm³/mol. The van der Waals surface area contributed by atoms with Crippen LogP contribution in [0.15, 0.2) is 30.6 Å². The third kappa shape index (κ3) is 5.24. The molecule has 2 aromatic rings. The van der Waals surface area contributed by atoms with Crippen molar-refractivity contribution in [3.05, 3.63) is 42.1 Å². The Morgan fingerprint density at radius 1 is 1.14 bits per heavy atom. The smallest absolute Gasteiger partial charge is 0.360 e. The van der Waals surface area contributed by atoms with Gasteiger partial charge >= 0.3 is 6.18 Å². The molecule has 0 bridgehead atoms. The Kier molecular flexibility index (Phi) is 5.21. The van der Waals surface area contributed by atoms with E-state index in [4.69, 9.17) is 0 Å². The number of halogens is 3. The lowest BCUT2D eigenvalue weighted by atomic mass is 10.3. The molecule has 9 heteroatoms. The van der Waals surface area contributed by atoms with E-state index in [1.54, 1.807) is 24.5 Å². The van der Waals surface area contributed by atoms with Gasteiger partial charge in [-0.2, -0.15) is 18.3 Å². The highest BCUT2D eigenvalue weighted by atomic mass is 19.4. The van der Waals surface area contributed by atoms with Crippen LogP contribution in [0.2, 0.25) is 0 Å². The van der Waals surface area contributed by atoms with Crippen molar-refractivity contribution in [2.24, 2.45) is 0 Å². The van der Waals surface area contributed by atoms with Crippen LogP contribution in [0.3, 0.4) is 0 Å². The first-order valence-corrected chi connectivity index (χ1v) is 6.57. The molecule has 22 heavy (non-hydrogen) atoms. The lowest BCUT2D eigenvalue weighted by Gasteiger charge is -2.12. The highest BCUT2D eigenvalue weighted by Gasteiger charge is 2.26. The van der Waals surface area contributed by atoms with Crippen LogP contribution in [0.5, 0.6) is 0 Å². The summed E-state index contributed by atoms with van der Waals surface area (Å²) in [6.07, 6.45) is -0.976. The zero-order chi connectivity index (χ0) is 16.0. The fourth-order valence-corrected chi connectivity index (χ4v) is 1.62. The van der Waals surface area contributed by atoms with E-state index in [1.807, 2.05) is 6.92 Å². The average molecular weight is 312 g/mol. The highest BCUT2D eigenvalue weighted by molar-refractivity contribution is 5.33. The van der Waals surface area contributed by atoms with E-state index in [1.165, 1.54) is 6.07 Å². The van der Waals surface area contributed by atoms with Gasteiger partial charge in [0.05, 0.1) is 11.7 Å². The summed E-state index contributed by atoms with van der Waals surface area (Å²) < 4.78 is 36.2. The molecule has 0 spiro atoms. The van der Waals surface area contributed by atoms with Gasteiger partial charge in [-0.1, -0.05) is 0 Å². The molecule has 0 fully saturated rings. The minimum Gasteiger partial charge on any atom is -0.360 e. The van der Waals surface area contributed by atoms with E-state index in [0.29, 0.717) is 18.1 Å². The Morgan fingerprint density at radius 2 is 1.86 bits per heavy atom. The second-order valence-electron chi connectivity index (χ2n) is 4.59. The van der Waals surface area contributed by atoms with Gasteiger partial charge in [-0.3, -0.25) is 0 Å². The van der Waals surface area contributed by atoms with Crippen molar-refractivity contribution < 1.29 is 13.2 Å². The maximum absolute atomic E-state index is 12.1. The third-order valence-electron chi connectivity index (χ3n) is 2.75. The van der Waals surface area contributed by atoms with Crippen molar-refractivity contribution in [1.29, 1.82) is 0 Å². The van der Waals surface area contributed by atoms with Gasteiger partial charge in [-0.15, -0.1) is 5.10 Å². The monoisotopic (exact) mass is 312 g/mol. The number of rotatable bonds is 6. The van der Waals surface area contributed by atoms with Crippen molar-refractivity contribution in [3.8, 4) is 0 Å². The molecule has 0 aromatic carbocycles. The van der Waals surface area contributed by atoms with Gasteiger partial charge < -0.3 is 10.6 Å². The van der Waals surface area contributed by atoms with Crippen LogP contribution in [-0.4, -0.2) is 32.9 Å². The fraction of sp³-hybridized carbons (Fsp3) is 0.385. The number of nitrogens with zero attached hydrogens (tertiary/aromatic N) is 4. The Morgan fingerprint density at radius 3 is 2.45 bits per heavy atom. The van der Waals surface area contributed by atoms with E-state index in [0.717, 1.165) is 0 Å². The molecule has 0 aliphatic carbocycles. The summed E-state index contributed by atoms with van der Waals surface area (Å²) in [5, 5.41) is 12.9. The normalized spacial score (nSPS) is 12.9. The molecule has 0 saturated heterocycles. The van der Waals surface area contributed by atoms with E-state index in [9.17, 15) is 13.2 Å². The van der Waals surface area contributed by atoms with E-state index in [-0.39, 0.29) is 11.9 Å². The Hall–Kier alpha value is -2.29. The maximum atomic E-state index is 12.1. The molecule has 0 aliphatic heterocycles. The zero-order valence-electron chi connectivity index (χ0n) is 11.8. The predicted octanol–water partition coefficient (Wildman–Crippen LogP) is 2.09. The summed E-state index contributed by atoms with van der Waals surface area (Å²) in [5.41, 5.74) is 0.611.